The van der Waals surface area contributed by atoms with Crippen LogP contribution in [0.5, 0.6) is 0 Å². The average molecular weight is 334 g/mol. The number of nitrogen functional groups attached to an aromatic ring is 1. The number of hydrogen-bond donors (Lipinski definition) is 2. The zero-order valence-electron chi connectivity index (χ0n) is 13.3. The van der Waals surface area contributed by atoms with E-state index in [-0.39, 0.29) is 17.7 Å². The molecular formula is C17H14N6O2. The molecule has 0 amide bonds. The van der Waals surface area contributed by atoms with Crippen LogP contribution in [0.4, 0.5) is 17.6 Å². The van der Waals surface area contributed by atoms with E-state index in [0.29, 0.717) is 11.3 Å². The summed E-state index contributed by atoms with van der Waals surface area (Å²) in [6.07, 6.45) is 1.39. The van der Waals surface area contributed by atoms with E-state index in [0.717, 1.165) is 5.69 Å². The standard InChI is InChI=1S/C17H14N6O2/c1-10-12(7-8-25-10)14(24)13(9-18)15-21-16(19)23-17(22-15)20-11-5-3-2-4-6-11/h2-8,13H,1H3,(H3,19,20,21,22,23). The number of ketones is 1. The quantitative estimate of drug-likeness (QED) is 0.681. The third-order valence-electron chi connectivity index (χ3n) is 3.47. The second-order valence-corrected chi connectivity index (χ2v) is 5.18. The molecule has 0 fully saturated rings. The number of para-hydroxylation sites is 1. The highest BCUT2D eigenvalue weighted by molar-refractivity contribution is 6.03. The highest BCUT2D eigenvalue weighted by atomic mass is 16.3. The highest BCUT2D eigenvalue weighted by Gasteiger charge is 2.28. The molecule has 1 atom stereocenters. The van der Waals surface area contributed by atoms with Crippen molar-refractivity contribution in [3.05, 3.63) is 59.8 Å². The summed E-state index contributed by atoms with van der Waals surface area (Å²) in [6.45, 7) is 1.64. The summed E-state index contributed by atoms with van der Waals surface area (Å²) in [5.41, 5.74) is 6.76. The van der Waals surface area contributed by atoms with Gasteiger partial charge in [0.25, 0.3) is 0 Å². The van der Waals surface area contributed by atoms with Crippen LogP contribution in [0.2, 0.25) is 0 Å². The van der Waals surface area contributed by atoms with Crippen LogP contribution < -0.4 is 11.1 Å². The smallest absolute Gasteiger partial charge is 0.232 e. The van der Waals surface area contributed by atoms with Gasteiger partial charge in [0, 0.05) is 5.69 Å². The number of carbonyl (C=O) groups excluding carboxylic acids is 1. The van der Waals surface area contributed by atoms with Crippen LogP contribution in [0.15, 0.2) is 47.1 Å². The fourth-order valence-corrected chi connectivity index (χ4v) is 2.27. The van der Waals surface area contributed by atoms with Crippen molar-refractivity contribution in [2.45, 2.75) is 12.8 Å². The summed E-state index contributed by atoms with van der Waals surface area (Å²) in [5, 5.41) is 12.4. The van der Waals surface area contributed by atoms with Crippen molar-refractivity contribution >= 4 is 23.4 Å². The molecule has 0 aliphatic rings. The first-order valence-corrected chi connectivity index (χ1v) is 7.40. The zero-order valence-corrected chi connectivity index (χ0v) is 13.3. The molecule has 0 aliphatic carbocycles. The third kappa shape index (κ3) is 3.45. The van der Waals surface area contributed by atoms with Crippen molar-refractivity contribution < 1.29 is 9.21 Å². The number of hydrogen-bond acceptors (Lipinski definition) is 8. The normalized spacial score (nSPS) is 11.5. The lowest BCUT2D eigenvalue weighted by Gasteiger charge is -2.10. The molecule has 1 unspecified atom stereocenters. The van der Waals surface area contributed by atoms with Crippen molar-refractivity contribution in [1.82, 2.24) is 15.0 Å². The predicted octanol–water partition coefficient (Wildman–Crippen LogP) is 2.59. The van der Waals surface area contributed by atoms with E-state index in [4.69, 9.17) is 10.2 Å². The molecule has 8 heteroatoms. The Hall–Kier alpha value is -3.73. The molecule has 0 saturated heterocycles. The summed E-state index contributed by atoms with van der Waals surface area (Å²) in [6, 6.07) is 12.6. The molecule has 2 heterocycles. The molecule has 0 bridgehead atoms. The van der Waals surface area contributed by atoms with Gasteiger partial charge in [-0.3, -0.25) is 4.79 Å². The predicted molar refractivity (Wildman–Crippen MR) is 90.1 cm³/mol. The van der Waals surface area contributed by atoms with Gasteiger partial charge >= 0.3 is 0 Å². The molecule has 0 spiro atoms. The van der Waals surface area contributed by atoms with Crippen molar-refractivity contribution in [1.29, 1.82) is 5.26 Å². The van der Waals surface area contributed by atoms with Gasteiger partial charge in [0.05, 0.1) is 17.9 Å². The number of aromatic nitrogens is 3. The summed E-state index contributed by atoms with van der Waals surface area (Å²) in [4.78, 5) is 24.7. The minimum absolute atomic E-state index is 0.0148. The maximum absolute atomic E-state index is 12.6. The Bertz CT molecular complexity index is 945. The number of nitrogens with zero attached hydrogens (tertiary/aromatic N) is 4. The molecule has 124 valence electrons. The number of Topliss-reactive ketones (excluding diaryl/α,β-unsaturated/α-hetero) is 1. The van der Waals surface area contributed by atoms with Gasteiger partial charge in [-0.25, -0.2) is 0 Å². The molecule has 3 N–H and O–H groups in total. The van der Waals surface area contributed by atoms with Crippen LogP contribution in [-0.2, 0) is 0 Å². The number of nitrogens with one attached hydrogen (secondary N) is 1. The molecular weight excluding hydrogens is 320 g/mol. The van der Waals surface area contributed by atoms with Crippen LogP contribution in [0, 0.1) is 18.3 Å². The average Bonchev–Trinajstić information content (AvgIpc) is 3.02. The molecule has 8 nitrogen and oxygen atoms in total. The first-order valence-electron chi connectivity index (χ1n) is 7.40. The topological polar surface area (TPSA) is 131 Å². The summed E-state index contributed by atoms with van der Waals surface area (Å²) in [7, 11) is 0. The monoisotopic (exact) mass is 334 g/mol. The zero-order chi connectivity index (χ0) is 17.8. The first kappa shape index (κ1) is 16.1. The van der Waals surface area contributed by atoms with Crippen molar-refractivity contribution in [2.24, 2.45) is 0 Å². The lowest BCUT2D eigenvalue weighted by Crippen LogP contribution is -2.17. The minimum atomic E-state index is -1.21. The van der Waals surface area contributed by atoms with Crippen LogP contribution in [-0.4, -0.2) is 20.7 Å². The number of rotatable bonds is 5. The maximum atomic E-state index is 12.6. The molecule has 2 aromatic heterocycles. The van der Waals surface area contributed by atoms with Crippen molar-refractivity contribution in [2.75, 3.05) is 11.1 Å². The van der Waals surface area contributed by atoms with Gasteiger partial charge in [-0.15, -0.1) is 0 Å². The Morgan fingerprint density at radius 3 is 2.64 bits per heavy atom. The van der Waals surface area contributed by atoms with Crippen LogP contribution >= 0.6 is 0 Å². The summed E-state index contributed by atoms with van der Waals surface area (Å²) < 4.78 is 5.12. The first-order chi connectivity index (χ1) is 12.1. The van der Waals surface area contributed by atoms with Gasteiger partial charge in [-0.2, -0.15) is 20.2 Å². The minimum Gasteiger partial charge on any atom is -0.469 e. The SMILES string of the molecule is Cc1occc1C(=O)C(C#N)c1nc(N)nc(Nc2ccccc2)n1. The second kappa shape index (κ2) is 6.80. The number of anilines is 3. The van der Waals surface area contributed by atoms with Gasteiger partial charge in [-0.1, -0.05) is 18.2 Å². The fraction of sp³-hybridized carbons (Fsp3) is 0.118. The molecule has 1 aromatic carbocycles. The Morgan fingerprint density at radius 1 is 1.24 bits per heavy atom. The van der Waals surface area contributed by atoms with Gasteiger partial charge in [0.2, 0.25) is 11.9 Å². The molecule has 3 aromatic rings. The number of benzene rings is 1. The molecule has 0 aliphatic heterocycles. The lowest BCUT2D eigenvalue weighted by atomic mass is 9.98. The van der Waals surface area contributed by atoms with E-state index in [1.165, 1.54) is 12.3 Å². The van der Waals surface area contributed by atoms with Gasteiger partial charge in [0.15, 0.2) is 17.5 Å². The van der Waals surface area contributed by atoms with Crippen LogP contribution in [0.25, 0.3) is 0 Å². The van der Waals surface area contributed by atoms with Crippen molar-refractivity contribution in [3.8, 4) is 6.07 Å². The largest absolute Gasteiger partial charge is 0.469 e. The van der Waals surface area contributed by atoms with Crippen LogP contribution in [0.3, 0.4) is 0 Å². The van der Waals surface area contributed by atoms with Gasteiger partial charge in [0.1, 0.15) is 5.76 Å². The Kier molecular flexibility index (Phi) is 4.39. The van der Waals surface area contributed by atoms with Gasteiger partial charge in [-0.05, 0) is 25.1 Å². The molecule has 0 saturated carbocycles. The van der Waals surface area contributed by atoms with E-state index in [9.17, 15) is 10.1 Å². The van der Waals surface area contributed by atoms with Crippen LogP contribution in [0.1, 0.15) is 27.9 Å². The Morgan fingerprint density at radius 2 is 2.00 bits per heavy atom. The van der Waals surface area contributed by atoms with E-state index in [1.807, 2.05) is 36.4 Å². The summed E-state index contributed by atoms with van der Waals surface area (Å²) >= 11 is 0. The maximum Gasteiger partial charge on any atom is 0.232 e. The molecule has 3 rings (SSSR count). The fourth-order valence-electron chi connectivity index (χ4n) is 2.27. The van der Waals surface area contributed by atoms with E-state index in [2.05, 4.69) is 20.3 Å². The Labute approximate surface area is 143 Å². The number of furan rings is 1. The highest BCUT2D eigenvalue weighted by Crippen LogP contribution is 2.22. The van der Waals surface area contributed by atoms with E-state index in [1.54, 1.807) is 6.92 Å². The number of nitrogens with two attached hydrogens (primary N) is 1. The van der Waals surface area contributed by atoms with Gasteiger partial charge < -0.3 is 15.5 Å². The Balaban J connectivity index is 1.94. The van der Waals surface area contributed by atoms with Crippen molar-refractivity contribution in [3.63, 3.8) is 0 Å². The second-order valence-electron chi connectivity index (χ2n) is 5.18. The van der Waals surface area contributed by atoms with E-state index >= 15 is 0 Å². The third-order valence-corrected chi connectivity index (χ3v) is 3.47. The number of aryl methyl sites for hydroxylation is 1. The molecule has 0 radical (unpaired) electrons. The number of carbonyl (C=O) groups is 1. The summed E-state index contributed by atoms with van der Waals surface area (Å²) in [5.74, 6) is -1.18. The lowest BCUT2D eigenvalue weighted by molar-refractivity contribution is 0.0975. The van der Waals surface area contributed by atoms with E-state index < -0.39 is 11.7 Å². The molecule has 25 heavy (non-hydrogen) atoms. The number of nitriles is 1.